The number of aromatic nitrogens is 1. The fraction of sp³-hybridized carbons (Fsp3) is 0.300. The molecule has 4 nitrogen and oxygen atoms in total. The molecule has 1 aromatic rings. The third kappa shape index (κ3) is 1.51. The molecule has 0 aromatic carbocycles. The first-order valence-corrected chi connectivity index (χ1v) is 4.46. The van der Waals surface area contributed by atoms with Crippen LogP contribution < -0.4 is 5.01 Å². The van der Waals surface area contributed by atoms with Gasteiger partial charge >= 0.3 is 0 Å². The molecule has 1 amide bonds. The number of amides is 1. The van der Waals surface area contributed by atoms with Gasteiger partial charge in [0.2, 0.25) is 0 Å². The van der Waals surface area contributed by atoms with E-state index in [0.717, 1.165) is 11.3 Å². The third-order valence-electron chi connectivity index (χ3n) is 2.03. The van der Waals surface area contributed by atoms with Gasteiger partial charge in [0.25, 0.3) is 5.91 Å². The average Bonchev–Trinajstić information content (AvgIpc) is 2.45. The molecule has 0 atom stereocenters. The van der Waals surface area contributed by atoms with E-state index in [1.165, 1.54) is 5.01 Å². The van der Waals surface area contributed by atoms with Gasteiger partial charge in [0.05, 0.1) is 6.42 Å². The van der Waals surface area contributed by atoms with Crippen LogP contribution >= 0.6 is 0 Å². The van der Waals surface area contributed by atoms with Crippen molar-refractivity contribution < 1.29 is 4.79 Å². The first-order chi connectivity index (χ1) is 6.66. The molecule has 0 fully saturated rings. The number of rotatable bonds is 1. The Balaban J connectivity index is 2.36. The van der Waals surface area contributed by atoms with Crippen molar-refractivity contribution in [2.75, 3.05) is 5.01 Å². The standard InChI is InChI=1S/C10H11N3O/c1-7-3-4-11-9(5-7)13-10(14)6-8(2)12-13/h3-5H,6H2,1-2H3. The maximum atomic E-state index is 11.5. The molecule has 0 saturated heterocycles. The van der Waals surface area contributed by atoms with Crippen LogP contribution in [-0.2, 0) is 4.79 Å². The zero-order valence-electron chi connectivity index (χ0n) is 8.19. The van der Waals surface area contributed by atoms with E-state index in [-0.39, 0.29) is 5.91 Å². The Morgan fingerprint density at radius 3 is 2.79 bits per heavy atom. The van der Waals surface area contributed by atoms with Crippen LogP contribution in [0.3, 0.4) is 0 Å². The van der Waals surface area contributed by atoms with Gasteiger partial charge in [-0.2, -0.15) is 10.1 Å². The number of pyridine rings is 1. The van der Waals surface area contributed by atoms with E-state index >= 15 is 0 Å². The van der Waals surface area contributed by atoms with Crippen molar-refractivity contribution in [1.82, 2.24) is 4.98 Å². The minimum absolute atomic E-state index is 0.0133. The van der Waals surface area contributed by atoms with Crippen molar-refractivity contribution >= 4 is 17.4 Å². The lowest BCUT2D eigenvalue weighted by atomic mass is 10.3. The topological polar surface area (TPSA) is 45.6 Å². The van der Waals surface area contributed by atoms with E-state index < -0.39 is 0 Å². The van der Waals surface area contributed by atoms with E-state index in [4.69, 9.17) is 0 Å². The van der Waals surface area contributed by atoms with Gasteiger partial charge in [-0.15, -0.1) is 0 Å². The van der Waals surface area contributed by atoms with Gasteiger partial charge in [-0.25, -0.2) is 4.98 Å². The monoisotopic (exact) mass is 189 g/mol. The lowest BCUT2D eigenvalue weighted by molar-refractivity contribution is -0.116. The Morgan fingerprint density at radius 2 is 2.21 bits per heavy atom. The molecule has 0 spiro atoms. The van der Waals surface area contributed by atoms with Crippen LogP contribution in [0.1, 0.15) is 18.9 Å². The molecule has 2 heterocycles. The lowest BCUT2D eigenvalue weighted by Crippen LogP contribution is -2.20. The molecule has 0 saturated carbocycles. The Morgan fingerprint density at radius 1 is 1.43 bits per heavy atom. The van der Waals surface area contributed by atoms with Gasteiger partial charge in [0, 0.05) is 11.9 Å². The van der Waals surface area contributed by atoms with E-state index in [0.29, 0.717) is 12.2 Å². The van der Waals surface area contributed by atoms with Crippen LogP contribution in [0.15, 0.2) is 23.4 Å². The zero-order valence-corrected chi connectivity index (χ0v) is 8.19. The van der Waals surface area contributed by atoms with Crippen molar-refractivity contribution in [3.05, 3.63) is 23.9 Å². The largest absolute Gasteiger partial charge is 0.272 e. The molecule has 1 aliphatic rings. The number of aryl methyl sites for hydroxylation is 1. The Bertz CT molecular complexity index is 412. The van der Waals surface area contributed by atoms with E-state index in [1.54, 1.807) is 6.20 Å². The number of hydrogen-bond donors (Lipinski definition) is 0. The summed E-state index contributed by atoms with van der Waals surface area (Å²) in [5, 5.41) is 5.48. The second kappa shape index (κ2) is 3.21. The van der Waals surface area contributed by atoms with Gasteiger partial charge < -0.3 is 0 Å². The van der Waals surface area contributed by atoms with E-state index in [2.05, 4.69) is 10.1 Å². The minimum Gasteiger partial charge on any atom is -0.272 e. The van der Waals surface area contributed by atoms with Crippen molar-refractivity contribution in [3.8, 4) is 0 Å². The highest BCUT2D eigenvalue weighted by atomic mass is 16.2. The number of anilines is 1. The van der Waals surface area contributed by atoms with Crippen molar-refractivity contribution in [2.24, 2.45) is 5.10 Å². The predicted molar refractivity (Wildman–Crippen MR) is 54.2 cm³/mol. The molecule has 0 radical (unpaired) electrons. The van der Waals surface area contributed by atoms with E-state index in [1.807, 2.05) is 26.0 Å². The van der Waals surface area contributed by atoms with Crippen LogP contribution in [-0.4, -0.2) is 16.6 Å². The molecular formula is C10H11N3O. The summed E-state index contributed by atoms with van der Waals surface area (Å²) in [6.45, 7) is 3.80. The van der Waals surface area contributed by atoms with Gasteiger partial charge in [-0.1, -0.05) is 0 Å². The van der Waals surface area contributed by atoms with Crippen molar-refractivity contribution in [2.45, 2.75) is 20.3 Å². The molecule has 0 unspecified atom stereocenters. The lowest BCUT2D eigenvalue weighted by Gasteiger charge is -2.10. The first kappa shape index (κ1) is 8.87. The number of carbonyl (C=O) groups is 1. The predicted octanol–water partition coefficient (Wildman–Crippen LogP) is 1.50. The second-order valence-electron chi connectivity index (χ2n) is 3.41. The summed E-state index contributed by atoms with van der Waals surface area (Å²) in [7, 11) is 0. The Kier molecular flexibility index (Phi) is 2.04. The highest BCUT2D eigenvalue weighted by Gasteiger charge is 2.23. The maximum absolute atomic E-state index is 11.5. The fourth-order valence-electron chi connectivity index (χ4n) is 1.37. The fourth-order valence-corrected chi connectivity index (χ4v) is 1.37. The van der Waals surface area contributed by atoms with Gasteiger partial charge in [-0.05, 0) is 31.5 Å². The molecule has 1 aromatic heterocycles. The van der Waals surface area contributed by atoms with E-state index in [9.17, 15) is 4.79 Å². The zero-order chi connectivity index (χ0) is 10.1. The van der Waals surface area contributed by atoms with Crippen LogP contribution in [0.2, 0.25) is 0 Å². The summed E-state index contributed by atoms with van der Waals surface area (Å²) < 4.78 is 0. The van der Waals surface area contributed by atoms with Crippen molar-refractivity contribution in [3.63, 3.8) is 0 Å². The third-order valence-corrected chi connectivity index (χ3v) is 2.03. The number of carbonyl (C=O) groups excluding carboxylic acids is 1. The summed E-state index contributed by atoms with van der Waals surface area (Å²) in [4.78, 5) is 15.6. The molecule has 0 aliphatic carbocycles. The van der Waals surface area contributed by atoms with Crippen molar-refractivity contribution in [1.29, 1.82) is 0 Å². The van der Waals surface area contributed by atoms with Gasteiger partial charge in [-0.3, -0.25) is 4.79 Å². The minimum atomic E-state index is -0.0133. The first-order valence-electron chi connectivity index (χ1n) is 4.46. The summed E-state index contributed by atoms with van der Waals surface area (Å²) in [5.41, 5.74) is 1.90. The maximum Gasteiger partial charge on any atom is 0.254 e. The second-order valence-corrected chi connectivity index (χ2v) is 3.41. The summed E-state index contributed by atoms with van der Waals surface area (Å²) in [5.74, 6) is 0.590. The number of hydrogen-bond acceptors (Lipinski definition) is 3. The molecule has 0 bridgehead atoms. The van der Waals surface area contributed by atoms with Crippen LogP contribution in [0.4, 0.5) is 5.82 Å². The molecule has 0 N–H and O–H groups in total. The SMILES string of the molecule is CC1=NN(c2cc(C)ccn2)C(=O)C1. The molecule has 4 heteroatoms. The smallest absolute Gasteiger partial charge is 0.254 e. The Labute approximate surface area is 82.3 Å². The van der Waals surface area contributed by atoms with Crippen LogP contribution in [0.5, 0.6) is 0 Å². The number of hydrazone groups is 1. The highest BCUT2D eigenvalue weighted by molar-refractivity contribution is 6.11. The van der Waals surface area contributed by atoms with Crippen LogP contribution in [0, 0.1) is 6.92 Å². The average molecular weight is 189 g/mol. The normalized spacial score (nSPS) is 16.0. The summed E-state index contributed by atoms with van der Waals surface area (Å²) in [6, 6.07) is 3.74. The Hall–Kier alpha value is -1.71. The van der Waals surface area contributed by atoms with Crippen LogP contribution in [0.25, 0.3) is 0 Å². The molecule has 72 valence electrons. The molecule has 2 rings (SSSR count). The quantitative estimate of drug-likeness (QED) is 0.672. The highest BCUT2D eigenvalue weighted by Crippen LogP contribution is 2.18. The molecule has 1 aliphatic heterocycles. The number of nitrogens with zero attached hydrogens (tertiary/aromatic N) is 3. The molecule has 14 heavy (non-hydrogen) atoms. The van der Waals surface area contributed by atoms with Gasteiger partial charge in [0.15, 0.2) is 5.82 Å². The molecular weight excluding hydrogens is 178 g/mol. The summed E-state index contributed by atoms with van der Waals surface area (Å²) in [6.07, 6.45) is 2.08. The summed E-state index contributed by atoms with van der Waals surface area (Å²) >= 11 is 0. The van der Waals surface area contributed by atoms with Gasteiger partial charge in [0.1, 0.15) is 0 Å².